The van der Waals surface area contributed by atoms with Crippen molar-refractivity contribution in [3.63, 3.8) is 0 Å². The Labute approximate surface area is 197 Å². The third kappa shape index (κ3) is 5.00. The van der Waals surface area contributed by atoms with E-state index in [9.17, 15) is 22.8 Å². The first-order valence-electron chi connectivity index (χ1n) is 10.8. The van der Waals surface area contributed by atoms with Crippen molar-refractivity contribution in [3.8, 4) is 17.2 Å². The zero-order chi connectivity index (χ0) is 25.3. The third-order valence-corrected chi connectivity index (χ3v) is 5.58. The topological polar surface area (TPSA) is 87.4 Å². The number of alkyl halides is 3. The lowest BCUT2D eigenvalue weighted by Gasteiger charge is -2.17. The number of methoxy groups -OCH3 is 1. The molecule has 0 radical (unpaired) electrons. The number of aromatic nitrogens is 3. The summed E-state index contributed by atoms with van der Waals surface area (Å²) in [7, 11) is 1.39. The lowest BCUT2D eigenvalue weighted by atomic mass is 10.1. The van der Waals surface area contributed by atoms with Crippen LogP contribution in [0.1, 0.15) is 34.6 Å². The Kier molecular flexibility index (Phi) is 6.55. The molecule has 35 heavy (non-hydrogen) atoms. The van der Waals surface area contributed by atoms with Crippen LogP contribution in [0.3, 0.4) is 0 Å². The van der Waals surface area contributed by atoms with Gasteiger partial charge in [0.25, 0.3) is 5.91 Å². The number of carbonyl (C=O) groups excluding carboxylic acids is 1. The van der Waals surface area contributed by atoms with Crippen LogP contribution in [-0.2, 0) is 13.0 Å². The molecule has 0 atom stereocenters. The van der Waals surface area contributed by atoms with Gasteiger partial charge in [0.05, 0.1) is 18.4 Å². The number of rotatable bonds is 6. The van der Waals surface area contributed by atoms with Gasteiger partial charge in [-0.2, -0.15) is 17.9 Å². The quantitative estimate of drug-likeness (QED) is 0.523. The van der Waals surface area contributed by atoms with E-state index in [4.69, 9.17) is 9.47 Å². The molecule has 0 saturated carbocycles. The SMILES string of the molecule is COc1cccc(C)c1NC(=O)c1cc(F)c(-n2nc3n(c2=O)CCCC3)cc1OCC(F)(F)F. The average molecular weight is 494 g/mol. The van der Waals surface area contributed by atoms with E-state index in [0.717, 1.165) is 29.7 Å². The van der Waals surface area contributed by atoms with Crippen LogP contribution in [0.15, 0.2) is 35.1 Å². The van der Waals surface area contributed by atoms with Gasteiger partial charge >= 0.3 is 11.9 Å². The van der Waals surface area contributed by atoms with Crippen molar-refractivity contribution < 1.29 is 31.8 Å². The summed E-state index contributed by atoms with van der Waals surface area (Å²) < 4.78 is 66.2. The van der Waals surface area contributed by atoms with Crippen LogP contribution in [0.2, 0.25) is 0 Å². The standard InChI is InChI=1S/C23H22F4N4O4/c1-13-6-5-7-17(34-2)20(13)28-21(32)14-10-15(24)16(11-18(14)35-12-23(25,26)27)31-22(33)30-9-4-3-8-19(30)29-31/h5-7,10-11H,3-4,8-9,12H2,1-2H3,(H,28,32). The van der Waals surface area contributed by atoms with E-state index in [2.05, 4.69) is 10.4 Å². The smallest absolute Gasteiger partial charge is 0.422 e. The summed E-state index contributed by atoms with van der Waals surface area (Å²) in [5.41, 5.74) is -0.647. The zero-order valence-electron chi connectivity index (χ0n) is 18.9. The van der Waals surface area contributed by atoms with E-state index in [1.54, 1.807) is 25.1 Å². The van der Waals surface area contributed by atoms with E-state index in [-0.39, 0.29) is 5.69 Å². The molecule has 1 aliphatic heterocycles. The summed E-state index contributed by atoms with van der Waals surface area (Å²) in [5, 5.41) is 6.68. The van der Waals surface area contributed by atoms with Gasteiger partial charge in [-0.3, -0.25) is 9.36 Å². The highest BCUT2D eigenvalue weighted by Crippen LogP contribution is 2.31. The summed E-state index contributed by atoms with van der Waals surface area (Å²) in [6.07, 6.45) is -2.64. The summed E-state index contributed by atoms with van der Waals surface area (Å²) in [5.74, 6) is -1.74. The minimum absolute atomic E-state index is 0.268. The molecule has 0 bridgehead atoms. The second-order valence-electron chi connectivity index (χ2n) is 8.03. The van der Waals surface area contributed by atoms with Crippen LogP contribution < -0.4 is 20.5 Å². The molecular formula is C23H22F4N4O4. The van der Waals surface area contributed by atoms with Gasteiger partial charge in [0.2, 0.25) is 0 Å². The molecule has 0 spiro atoms. The molecule has 2 aromatic carbocycles. The van der Waals surface area contributed by atoms with Crippen molar-refractivity contribution in [1.82, 2.24) is 14.3 Å². The molecule has 1 aromatic heterocycles. The first kappa shape index (κ1) is 24.3. The summed E-state index contributed by atoms with van der Waals surface area (Å²) in [6.45, 7) is 0.377. The zero-order valence-corrected chi connectivity index (χ0v) is 18.9. The number of halogens is 4. The number of amides is 1. The highest BCUT2D eigenvalue weighted by molar-refractivity contribution is 6.07. The molecule has 0 aliphatic carbocycles. The van der Waals surface area contributed by atoms with Crippen LogP contribution in [0, 0.1) is 12.7 Å². The lowest BCUT2D eigenvalue weighted by molar-refractivity contribution is -0.153. The van der Waals surface area contributed by atoms with E-state index in [0.29, 0.717) is 30.1 Å². The fourth-order valence-corrected chi connectivity index (χ4v) is 3.87. The van der Waals surface area contributed by atoms with Crippen molar-refractivity contribution in [2.45, 2.75) is 38.9 Å². The van der Waals surface area contributed by atoms with E-state index in [1.165, 1.54) is 11.7 Å². The van der Waals surface area contributed by atoms with Crippen LogP contribution in [0.25, 0.3) is 5.69 Å². The molecule has 0 saturated heterocycles. The van der Waals surface area contributed by atoms with Gasteiger partial charge in [-0.25, -0.2) is 9.18 Å². The number of benzene rings is 2. The number of nitrogens with zero attached hydrogens (tertiary/aromatic N) is 3. The summed E-state index contributed by atoms with van der Waals surface area (Å²) >= 11 is 0. The first-order chi connectivity index (χ1) is 16.6. The van der Waals surface area contributed by atoms with Crippen LogP contribution in [0.4, 0.5) is 23.2 Å². The van der Waals surface area contributed by atoms with Crippen molar-refractivity contribution in [3.05, 3.63) is 63.6 Å². The Balaban J connectivity index is 1.78. The highest BCUT2D eigenvalue weighted by Gasteiger charge is 2.30. The first-order valence-corrected chi connectivity index (χ1v) is 10.8. The monoisotopic (exact) mass is 494 g/mol. The number of hydrogen-bond acceptors (Lipinski definition) is 5. The maximum Gasteiger partial charge on any atom is 0.422 e. The minimum Gasteiger partial charge on any atom is -0.495 e. The van der Waals surface area contributed by atoms with E-state index >= 15 is 4.39 Å². The molecule has 2 heterocycles. The van der Waals surface area contributed by atoms with Gasteiger partial charge < -0.3 is 14.8 Å². The number of nitrogens with one attached hydrogen (secondary N) is 1. The largest absolute Gasteiger partial charge is 0.495 e. The van der Waals surface area contributed by atoms with Crippen molar-refractivity contribution in [2.24, 2.45) is 0 Å². The molecule has 0 unspecified atom stereocenters. The molecule has 1 amide bonds. The number of ether oxygens (including phenoxy) is 2. The van der Waals surface area contributed by atoms with Gasteiger partial charge in [-0.1, -0.05) is 12.1 Å². The fourth-order valence-electron chi connectivity index (χ4n) is 3.87. The number of anilines is 1. The van der Waals surface area contributed by atoms with Crippen molar-refractivity contribution in [1.29, 1.82) is 0 Å². The Morgan fingerprint density at radius 3 is 2.66 bits per heavy atom. The molecule has 1 aliphatic rings. The predicted molar refractivity (Wildman–Crippen MR) is 118 cm³/mol. The Morgan fingerprint density at radius 2 is 1.97 bits per heavy atom. The molecule has 4 rings (SSSR count). The highest BCUT2D eigenvalue weighted by atomic mass is 19.4. The molecule has 8 nitrogen and oxygen atoms in total. The predicted octanol–water partition coefficient (Wildman–Crippen LogP) is 4.02. The van der Waals surface area contributed by atoms with Crippen LogP contribution in [-0.4, -0.2) is 40.1 Å². The maximum atomic E-state index is 15.2. The second kappa shape index (κ2) is 9.43. The molecular weight excluding hydrogens is 472 g/mol. The Morgan fingerprint density at radius 1 is 1.20 bits per heavy atom. The fraction of sp³-hybridized carbons (Fsp3) is 0.348. The van der Waals surface area contributed by atoms with E-state index in [1.807, 2.05) is 0 Å². The van der Waals surface area contributed by atoms with E-state index < -0.39 is 47.2 Å². The van der Waals surface area contributed by atoms with Gasteiger partial charge in [-0.05, 0) is 37.5 Å². The minimum atomic E-state index is -4.72. The Hall–Kier alpha value is -3.83. The Bertz CT molecular complexity index is 1330. The average Bonchev–Trinajstić information content (AvgIpc) is 3.15. The summed E-state index contributed by atoms with van der Waals surface area (Å²) in [6, 6.07) is 6.58. The molecule has 12 heteroatoms. The number of carbonyl (C=O) groups is 1. The van der Waals surface area contributed by atoms with Gasteiger partial charge in [-0.15, -0.1) is 5.10 Å². The second-order valence-corrected chi connectivity index (χ2v) is 8.03. The number of fused-ring (bicyclic) bond motifs is 1. The number of hydrogen-bond donors (Lipinski definition) is 1. The molecule has 186 valence electrons. The number of para-hydroxylation sites is 1. The van der Waals surface area contributed by atoms with Gasteiger partial charge in [0, 0.05) is 19.0 Å². The summed E-state index contributed by atoms with van der Waals surface area (Å²) in [4.78, 5) is 25.8. The van der Waals surface area contributed by atoms with Crippen LogP contribution >= 0.6 is 0 Å². The van der Waals surface area contributed by atoms with Crippen LogP contribution in [0.5, 0.6) is 11.5 Å². The van der Waals surface area contributed by atoms with Gasteiger partial charge in [0.1, 0.15) is 28.8 Å². The lowest BCUT2D eigenvalue weighted by Crippen LogP contribution is -2.27. The van der Waals surface area contributed by atoms with Gasteiger partial charge in [0.15, 0.2) is 6.61 Å². The molecule has 1 N–H and O–H groups in total. The van der Waals surface area contributed by atoms with Crippen molar-refractivity contribution in [2.75, 3.05) is 19.0 Å². The third-order valence-electron chi connectivity index (χ3n) is 5.58. The number of aryl methyl sites for hydroxylation is 2. The maximum absolute atomic E-state index is 15.2. The molecule has 0 fully saturated rings. The van der Waals surface area contributed by atoms with Crippen molar-refractivity contribution >= 4 is 11.6 Å². The molecule has 3 aromatic rings. The normalized spacial score (nSPS) is 13.3.